The Morgan fingerprint density at radius 3 is 2.63 bits per heavy atom. The summed E-state index contributed by atoms with van der Waals surface area (Å²) in [4.78, 5) is 44.1. The van der Waals surface area contributed by atoms with Crippen LogP contribution in [0.25, 0.3) is 0 Å². The van der Waals surface area contributed by atoms with Crippen LogP contribution in [0.2, 0.25) is 10.0 Å². The molecule has 0 unspecified atom stereocenters. The van der Waals surface area contributed by atoms with E-state index in [0.717, 1.165) is 0 Å². The summed E-state index contributed by atoms with van der Waals surface area (Å²) in [5.74, 6) is -0.203. The topological polar surface area (TPSA) is 107 Å². The normalized spacial score (nSPS) is 13.6. The second-order valence-electron chi connectivity index (χ2n) is 5.92. The summed E-state index contributed by atoms with van der Waals surface area (Å²) in [5.41, 5.74) is -0.0143. The second-order valence-corrected chi connectivity index (χ2v) is 6.74. The fourth-order valence-corrected chi connectivity index (χ4v) is 3.21. The van der Waals surface area contributed by atoms with E-state index in [1.807, 2.05) is 0 Å². The lowest BCUT2D eigenvalue weighted by molar-refractivity contribution is 0.0948. The number of H-pyrrole nitrogens is 1. The summed E-state index contributed by atoms with van der Waals surface area (Å²) < 4.78 is 0. The Labute approximate surface area is 164 Å². The maximum absolute atomic E-state index is 12.2. The zero-order valence-corrected chi connectivity index (χ0v) is 15.7. The molecule has 0 atom stereocenters. The number of carbonyl (C=O) groups excluding carboxylic acids is 2. The number of amides is 3. The van der Waals surface area contributed by atoms with E-state index in [1.165, 1.54) is 6.20 Å². The van der Waals surface area contributed by atoms with Gasteiger partial charge in [-0.2, -0.15) is 0 Å². The molecule has 8 nitrogen and oxygen atoms in total. The molecule has 142 valence electrons. The molecule has 1 saturated heterocycles. The molecule has 1 aromatic heterocycles. The lowest BCUT2D eigenvalue weighted by Crippen LogP contribution is -2.38. The van der Waals surface area contributed by atoms with Crippen LogP contribution in [0.4, 0.5) is 4.79 Å². The van der Waals surface area contributed by atoms with Gasteiger partial charge in [0.25, 0.3) is 11.5 Å². The predicted molar refractivity (Wildman–Crippen MR) is 101 cm³/mol. The maximum atomic E-state index is 12.2. The Morgan fingerprint density at radius 1 is 1.26 bits per heavy atom. The summed E-state index contributed by atoms with van der Waals surface area (Å²) in [5, 5.41) is 6.23. The lowest BCUT2D eigenvalue weighted by Gasteiger charge is -2.14. The number of aromatic nitrogens is 2. The molecule has 1 aromatic carbocycles. The molecule has 1 fully saturated rings. The molecule has 3 amide bonds. The van der Waals surface area contributed by atoms with Crippen LogP contribution in [-0.2, 0) is 6.42 Å². The molecule has 27 heavy (non-hydrogen) atoms. The van der Waals surface area contributed by atoms with Crippen molar-refractivity contribution < 1.29 is 9.59 Å². The Hall–Kier alpha value is -2.58. The predicted octanol–water partition coefficient (Wildman–Crippen LogP) is 1.42. The molecule has 10 heteroatoms. The van der Waals surface area contributed by atoms with Gasteiger partial charge in [-0.15, -0.1) is 0 Å². The second kappa shape index (κ2) is 8.41. The Bertz CT molecular complexity index is 911. The van der Waals surface area contributed by atoms with E-state index in [1.54, 1.807) is 23.1 Å². The molecular weight excluding hydrogens is 393 g/mol. The average Bonchev–Trinajstić information content (AvgIpc) is 3.03. The van der Waals surface area contributed by atoms with Crippen LogP contribution in [0.15, 0.2) is 29.2 Å². The van der Waals surface area contributed by atoms with E-state index >= 15 is 0 Å². The van der Waals surface area contributed by atoms with Crippen molar-refractivity contribution in [2.75, 3.05) is 26.2 Å². The van der Waals surface area contributed by atoms with Crippen molar-refractivity contribution in [1.82, 2.24) is 25.5 Å². The smallest absolute Gasteiger partial charge is 0.317 e. The first kappa shape index (κ1) is 19.2. The first-order chi connectivity index (χ1) is 13.0. The van der Waals surface area contributed by atoms with Crippen molar-refractivity contribution >= 4 is 35.1 Å². The van der Waals surface area contributed by atoms with E-state index < -0.39 is 11.5 Å². The number of halogens is 2. The van der Waals surface area contributed by atoms with E-state index in [2.05, 4.69) is 20.6 Å². The van der Waals surface area contributed by atoms with Crippen LogP contribution < -0.4 is 16.2 Å². The van der Waals surface area contributed by atoms with Crippen molar-refractivity contribution in [3.05, 3.63) is 61.7 Å². The van der Waals surface area contributed by atoms with E-state index in [-0.39, 0.29) is 24.6 Å². The molecule has 0 radical (unpaired) electrons. The van der Waals surface area contributed by atoms with Crippen LogP contribution in [0.3, 0.4) is 0 Å². The summed E-state index contributed by atoms with van der Waals surface area (Å²) in [7, 11) is 0. The number of urea groups is 1. The first-order valence-electron chi connectivity index (χ1n) is 8.28. The van der Waals surface area contributed by atoms with Crippen molar-refractivity contribution in [3.63, 3.8) is 0 Å². The molecule has 0 saturated carbocycles. The van der Waals surface area contributed by atoms with E-state index in [4.69, 9.17) is 23.2 Å². The van der Waals surface area contributed by atoms with Gasteiger partial charge < -0.3 is 20.5 Å². The number of nitrogens with one attached hydrogen (secondary N) is 3. The molecule has 0 aliphatic carbocycles. The van der Waals surface area contributed by atoms with Crippen molar-refractivity contribution in [3.8, 4) is 0 Å². The molecule has 3 rings (SSSR count). The summed E-state index contributed by atoms with van der Waals surface area (Å²) in [6, 6.07) is 4.96. The number of aromatic amines is 1. The van der Waals surface area contributed by atoms with Gasteiger partial charge in [0.15, 0.2) is 0 Å². The Morgan fingerprint density at radius 2 is 2.00 bits per heavy atom. The van der Waals surface area contributed by atoms with E-state index in [0.29, 0.717) is 41.1 Å². The number of carbonyl (C=O) groups is 2. The maximum Gasteiger partial charge on any atom is 0.317 e. The van der Waals surface area contributed by atoms with Gasteiger partial charge >= 0.3 is 6.03 Å². The van der Waals surface area contributed by atoms with Gasteiger partial charge in [-0.1, -0.05) is 29.3 Å². The molecule has 3 N–H and O–H groups in total. The molecule has 0 spiro atoms. The third-order valence-corrected chi connectivity index (χ3v) is 4.82. The molecular formula is C17H17Cl2N5O3. The van der Waals surface area contributed by atoms with E-state index in [9.17, 15) is 14.4 Å². The number of rotatable bonds is 6. The van der Waals surface area contributed by atoms with Crippen LogP contribution in [0.5, 0.6) is 0 Å². The SMILES string of the molecule is O=C(NCCN1CCNC1=O)c1cnc(Cc2c(Cl)cccc2Cl)[nH]c1=O. The number of benzene rings is 1. The highest BCUT2D eigenvalue weighted by Gasteiger charge is 2.19. The quantitative estimate of drug-likeness (QED) is 0.670. The van der Waals surface area contributed by atoms with Gasteiger partial charge in [0.2, 0.25) is 0 Å². The molecule has 1 aliphatic heterocycles. The molecule has 2 aromatic rings. The van der Waals surface area contributed by atoms with Crippen molar-refractivity contribution in [2.45, 2.75) is 6.42 Å². The van der Waals surface area contributed by atoms with Crippen LogP contribution in [0, 0.1) is 0 Å². The number of hydrogen-bond donors (Lipinski definition) is 3. The average molecular weight is 410 g/mol. The Kier molecular flexibility index (Phi) is 5.98. The minimum Gasteiger partial charge on any atom is -0.350 e. The monoisotopic (exact) mass is 409 g/mol. The minimum atomic E-state index is -0.556. The van der Waals surface area contributed by atoms with Gasteiger partial charge in [0.1, 0.15) is 11.4 Å². The van der Waals surface area contributed by atoms with Crippen LogP contribution in [-0.4, -0.2) is 53.0 Å². The van der Waals surface area contributed by atoms with Gasteiger partial charge in [0.05, 0.1) is 0 Å². The highest BCUT2D eigenvalue weighted by molar-refractivity contribution is 6.36. The fourth-order valence-electron chi connectivity index (χ4n) is 2.68. The zero-order valence-electron chi connectivity index (χ0n) is 14.2. The van der Waals surface area contributed by atoms with Gasteiger partial charge in [0, 0.05) is 48.8 Å². The summed E-state index contributed by atoms with van der Waals surface area (Å²) in [6.07, 6.45) is 1.45. The lowest BCUT2D eigenvalue weighted by atomic mass is 10.1. The third kappa shape index (κ3) is 4.58. The van der Waals surface area contributed by atoms with Gasteiger partial charge in [-0.3, -0.25) is 9.59 Å². The van der Waals surface area contributed by atoms with Crippen molar-refractivity contribution in [2.24, 2.45) is 0 Å². The summed E-state index contributed by atoms with van der Waals surface area (Å²) in [6.45, 7) is 1.79. The highest BCUT2D eigenvalue weighted by Crippen LogP contribution is 2.25. The fraction of sp³-hybridized carbons (Fsp3) is 0.294. The summed E-state index contributed by atoms with van der Waals surface area (Å²) >= 11 is 12.2. The third-order valence-electron chi connectivity index (χ3n) is 4.11. The van der Waals surface area contributed by atoms with Crippen molar-refractivity contribution in [1.29, 1.82) is 0 Å². The first-order valence-corrected chi connectivity index (χ1v) is 9.03. The van der Waals surface area contributed by atoms with Gasteiger partial charge in [-0.05, 0) is 17.7 Å². The number of hydrogen-bond acceptors (Lipinski definition) is 4. The van der Waals surface area contributed by atoms with Crippen LogP contribution in [0.1, 0.15) is 21.7 Å². The Balaban J connectivity index is 1.63. The molecule has 0 bridgehead atoms. The highest BCUT2D eigenvalue weighted by atomic mass is 35.5. The minimum absolute atomic E-state index is 0.102. The molecule has 1 aliphatic rings. The largest absolute Gasteiger partial charge is 0.350 e. The standard InChI is InChI=1S/C17H17Cl2N5O3/c18-12-2-1-3-13(19)10(12)8-14-22-9-11(16(26)23-14)15(25)20-4-6-24-7-5-21-17(24)27/h1-3,9H,4-8H2,(H,20,25)(H,21,27)(H,22,23,26). The van der Waals surface area contributed by atoms with Crippen LogP contribution >= 0.6 is 23.2 Å². The van der Waals surface area contributed by atoms with Gasteiger partial charge in [-0.25, -0.2) is 9.78 Å². The zero-order chi connectivity index (χ0) is 19.4. The number of nitrogens with zero attached hydrogens (tertiary/aromatic N) is 2. The molecule has 2 heterocycles.